The molecule has 0 saturated heterocycles. The van der Waals surface area contributed by atoms with Gasteiger partial charge in [0.2, 0.25) is 0 Å². The molecule has 0 amide bonds. The highest BCUT2D eigenvalue weighted by Crippen LogP contribution is 2.36. The number of aliphatic imine (C=N–C) groups is 1. The van der Waals surface area contributed by atoms with E-state index in [4.69, 9.17) is 0 Å². The van der Waals surface area contributed by atoms with Crippen molar-refractivity contribution in [2.75, 3.05) is 0 Å². The van der Waals surface area contributed by atoms with Gasteiger partial charge in [-0.3, -0.25) is 0 Å². The summed E-state index contributed by atoms with van der Waals surface area (Å²) < 4.78 is 3.64. The average Bonchev–Trinajstić information content (AvgIpc) is 2.95. The maximum Gasteiger partial charge on any atom is 0.121 e. The second-order valence-corrected chi connectivity index (χ2v) is 7.62. The number of nitrogens with one attached hydrogen (secondary N) is 1. The Bertz CT molecular complexity index is 746. The Kier molecular flexibility index (Phi) is 4.69. The number of benzene rings is 1. The minimum absolute atomic E-state index is 0.801. The summed E-state index contributed by atoms with van der Waals surface area (Å²) in [4.78, 5) is 7.92. The van der Waals surface area contributed by atoms with E-state index in [1.165, 1.54) is 0 Å². The van der Waals surface area contributed by atoms with Crippen molar-refractivity contribution in [1.82, 2.24) is 4.98 Å². The molecule has 1 aromatic heterocycles. The lowest BCUT2D eigenvalue weighted by Crippen LogP contribution is -1.91. The molecule has 1 aromatic carbocycles. The zero-order chi connectivity index (χ0) is 15.0. The van der Waals surface area contributed by atoms with Gasteiger partial charge in [-0.25, -0.2) is 4.99 Å². The number of aromatic amines is 1. The van der Waals surface area contributed by atoms with Crippen molar-refractivity contribution >= 4 is 73.9 Å². The molecular formula is C15H8Br4N2. The van der Waals surface area contributed by atoms with E-state index in [9.17, 15) is 0 Å². The predicted molar refractivity (Wildman–Crippen MR) is 102 cm³/mol. The predicted octanol–water partition coefficient (Wildman–Crippen LogP) is 6.38. The van der Waals surface area contributed by atoms with Crippen LogP contribution in [0.3, 0.4) is 0 Å². The van der Waals surface area contributed by atoms with Gasteiger partial charge in [-0.15, -0.1) is 0 Å². The van der Waals surface area contributed by atoms with Crippen LogP contribution in [0.15, 0.2) is 66.7 Å². The summed E-state index contributed by atoms with van der Waals surface area (Å²) in [6.07, 6.45) is 2.01. The minimum atomic E-state index is 0.801. The van der Waals surface area contributed by atoms with Crippen LogP contribution in [0.25, 0.3) is 5.57 Å². The fraction of sp³-hybridized carbons (Fsp3) is 0. The number of halogens is 4. The normalized spacial score (nSPS) is 16.8. The molecule has 1 aliphatic heterocycles. The Labute approximate surface area is 156 Å². The maximum absolute atomic E-state index is 4.58. The highest BCUT2D eigenvalue weighted by atomic mass is 79.9. The number of allylic oxidation sites excluding steroid dienone is 2. The largest absolute Gasteiger partial charge is 0.348 e. The molecule has 2 heterocycles. The fourth-order valence-electron chi connectivity index (χ4n) is 2.08. The van der Waals surface area contributed by atoms with Crippen molar-refractivity contribution in [1.29, 1.82) is 0 Å². The van der Waals surface area contributed by atoms with E-state index in [1.807, 2.05) is 30.3 Å². The summed E-state index contributed by atoms with van der Waals surface area (Å²) in [5.74, 6) is 0. The molecule has 0 fully saturated rings. The molecule has 0 radical (unpaired) electrons. The lowest BCUT2D eigenvalue weighted by molar-refractivity contribution is 1.28. The van der Waals surface area contributed by atoms with Gasteiger partial charge in [-0.05, 0) is 81.4 Å². The van der Waals surface area contributed by atoms with Gasteiger partial charge in [0.25, 0.3) is 0 Å². The Morgan fingerprint density at radius 2 is 1.71 bits per heavy atom. The third-order valence-electron chi connectivity index (χ3n) is 2.99. The van der Waals surface area contributed by atoms with E-state index in [0.717, 1.165) is 40.7 Å². The number of hydrogen-bond donors (Lipinski definition) is 1. The van der Waals surface area contributed by atoms with Gasteiger partial charge in [0.05, 0.1) is 24.9 Å². The van der Waals surface area contributed by atoms with E-state index < -0.39 is 0 Å². The van der Waals surface area contributed by atoms with Crippen LogP contribution in [0.4, 0.5) is 0 Å². The molecule has 3 rings (SSSR count). The molecule has 2 aromatic rings. The topological polar surface area (TPSA) is 28.1 Å². The Morgan fingerprint density at radius 1 is 1.00 bits per heavy atom. The van der Waals surface area contributed by atoms with Crippen molar-refractivity contribution in [2.45, 2.75) is 0 Å². The lowest BCUT2D eigenvalue weighted by Gasteiger charge is -2.08. The van der Waals surface area contributed by atoms with Crippen LogP contribution in [0.5, 0.6) is 0 Å². The molecule has 106 valence electrons. The van der Waals surface area contributed by atoms with E-state index in [0.29, 0.717) is 0 Å². The quantitative estimate of drug-likeness (QED) is 0.462. The summed E-state index contributed by atoms with van der Waals surface area (Å²) in [6.45, 7) is 0. The lowest BCUT2D eigenvalue weighted by atomic mass is 10.0. The SMILES string of the molecule is BrC1=C/C(=C(\c2ccccc2)c2cc(Br)c(Br)[nH]2)N=C1Br. The zero-order valence-corrected chi connectivity index (χ0v) is 16.8. The zero-order valence-electron chi connectivity index (χ0n) is 10.5. The van der Waals surface area contributed by atoms with Gasteiger partial charge in [0.15, 0.2) is 0 Å². The van der Waals surface area contributed by atoms with Gasteiger partial charge in [0, 0.05) is 5.57 Å². The Morgan fingerprint density at radius 3 is 2.24 bits per heavy atom. The second-order valence-electron chi connectivity index (χ2n) is 4.37. The van der Waals surface area contributed by atoms with E-state index in [1.54, 1.807) is 0 Å². The molecule has 0 aliphatic carbocycles. The summed E-state index contributed by atoms with van der Waals surface area (Å²) >= 11 is 14.0. The van der Waals surface area contributed by atoms with Crippen LogP contribution in [0, 0.1) is 0 Å². The number of aromatic nitrogens is 1. The van der Waals surface area contributed by atoms with Crippen molar-refractivity contribution in [3.8, 4) is 0 Å². The summed E-state index contributed by atoms with van der Waals surface area (Å²) in [7, 11) is 0. The molecule has 0 saturated carbocycles. The number of nitrogens with zero attached hydrogens (tertiary/aromatic N) is 1. The summed E-state index contributed by atoms with van der Waals surface area (Å²) in [5.41, 5.74) is 4.06. The average molecular weight is 536 g/mol. The highest BCUT2D eigenvalue weighted by molar-refractivity contribution is 9.21. The van der Waals surface area contributed by atoms with E-state index in [-0.39, 0.29) is 0 Å². The Hall–Kier alpha value is -0.430. The molecule has 0 spiro atoms. The summed E-state index contributed by atoms with van der Waals surface area (Å²) in [5, 5.41) is 0. The van der Waals surface area contributed by atoms with Gasteiger partial charge in [-0.2, -0.15) is 0 Å². The van der Waals surface area contributed by atoms with Crippen molar-refractivity contribution < 1.29 is 0 Å². The van der Waals surface area contributed by atoms with Crippen LogP contribution in [-0.2, 0) is 0 Å². The number of H-pyrrole nitrogens is 1. The molecular weight excluding hydrogens is 528 g/mol. The molecule has 21 heavy (non-hydrogen) atoms. The molecule has 1 N–H and O–H groups in total. The van der Waals surface area contributed by atoms with Crippen molar-refractivity contribution in [3.05, 3.63) is 73.0 Å². The smallest absolute Gasteiger partial charge is 0.121 e. The first-order valence-electron chi connectivity index (χ1n) is 6.02. The fourth-order valence-corrected chi connectivity index (χ4v) is 3.35. The highest BCUT2D eigenvalue weighted by Gasteiger charge is 2.18. The molecule has 1 aliphatic rings. The first kappa shape index (κ1) is 15.5. The van der Waals surface area contributed by atoms with Crippen LogP contribution >= 0.6 is 63.7 Å². The first-order chi connectivity index (χ1) is 10.1. The van der Waals surface area contributed by atoms with Crippen LogP contribution < -0.4 is 0 Å². The minimum Gasteiger partial charge on any atom is -0.348 e. The first-order valence-corrected chi connectivity index (χ1v) is 9.19. The molecule has 0 atom stereocenters. The molecule has 2 nitrogen and oxygen atoms in total. The monoisotopic (exact) mass is 532 g/mol. The third kappa shape index (κ3) is 3.18. The standard InChI is InChI=1S/C15H8Br4N2/c16-9-6-11(20-14(9)18)13(8-4-2-1-3-5-8)12-7-10(17)15(19)21-12/h1-7,20H/b13-12-. The third-order valence-corrected chi connectivity index (χ3v) is 6.52. The maximum atomic E-state index is 4.58. The van der Waals surface area contributed by atoms with Crippen LogP contribution in [0.2, 0.25) is 0 Å². The van der Waals surface area contributed by atoms with Crippen molar-refractivity contribution in [3.63, 3.8) is 0 Å². The van der Waals surface area contributed by atoms with Crippen LogP contribution in [-0.4, -0.2) is 9.60 Å². The van der Waals surface area contributed by atoms with Gasteiger partial charge in [-0.1, -0.05) is 30.3 Å². The molecule has 6 heteroatoms. The van der Waals surface area contributed by atoms with E-state index >= 15 is 0 Å². The Balaban J connectivity index is 2.25. The van der Waals surface area contributed by atoms with Crippen molar-refractivity contribution in [2.24, 2.45) is 4.99 Å². The van der Waals surface area contributed by atoms with Gasteiger partial charge in [0.1, 0.15) is 4.62 Å². The second kappa shape index (κ2) is 6.36. The van der Waals surface area contributed by atoms with Gasteiger partial charge < -0.3 is 4.98 Å². The molecule has 0 unspecified atom stereocenters. The number of hydrogen-bond acceptors (Lipinski definition) is 1. The van der Waals surface area contributed by atoms with E-state index in [2.05, 4.69) is 85.8 Å². The summed E-state index contributed by atoms with van der Waals surface area (Å²) in [6, 6.07) is 12.3. The van der Waals surface area contributed by atoms with Crippen LogP contribution in [0.1, 0.15) is 11.3 Å². The number of rotatable bonds is 2. The van der Waals surface area contributed by atoms with Gasteiger partial charge >= 0.3 is 0 Å². The molecule has 0 bridgehead atoms.